The Bertz CT molecular complexity index is 856. The Morgan fingerprint density at radius 2 is 2.04 bits per heavy atom. The van der Waals surface area contributed by atoms with Crippen molar-refractivity contribution in [2.45, 2.75) is 52.6 Å². The first-order valence-electron chi connectivity index (χ1n) is 9.40. The van der Waals surface area contributed by atoms with E-state index >= 15 is 0 Å². The van der Waals surface area contributed by atoms with Crippen LogP contribution < -0.4 is 4.74 Å². The quantitative estimate of drug-likeness (QED) is 0.757. The van der Waals surface area contributed by atoms with Gasteiger partial charge in [0.1, 0.15) is 12.3 Å². The van der Waals surface area contributed by atoms with Gasteiger partial charge in [-0.05, 0) is 57.7 Å². The van der Waals surface area contributed by atoms with Gasteiger partial charge in [-0.15, -0.1) is 0 Å². The van der Waals surface area contributed by atoms with E-state index in [2.05, 4.69) is 11.2 Å². The lowest BCUT2D eigenvalue weighted by molar-refractivity contribution is -0.136. The first-order chi connectivity index (χ1) is 12.9. The predicted molar refractivity (Wildman–Crippen MR) is 103 cm³/mol. The van der Waals surface area contributed by atoms with E-state index in [1.165, 1.54) is 6.92 Å². The van der Waals surface area contributed by atoms with Crippen LogP contribution >= 0.6 is 0 Å². The Hall–Kier alpha value is -2.63. The van der Waals surface area contributed by atoms with Crippen LogP contribution in [0.4, 0.5) is 0 Å². The Morgan fingerprint density at radius 3 is 2.70 bits per heavy atom. The average Bonchev–Trinajstić information content (AvgIpc) is 2.95. The van der Waals surface area contributed by atoms with E-state index in [1.807, 2.05) is 36.9 Å². The molecule has 0 aliphatic carbocycles. The van der Waals surface area contributed by atoms with Crippen LogP contribution in [-0.2, 0) is 11.3 Å². The highest BCUT2D eigenvalue weighted by Crippen LogP contribution is 2.32. The number of carbonyl (C=O) groups is 2. The van der Waals surface area contributed by atoms with Crippen molar-refractivity contribution in [1.29, 1.82) is 0 Å². The fourth-order valence-corrected chi connectivity index (χ4v) is 4.00. The highest BCUT2D eigenvalue weighted by atomic mass is 16.5. The number of methoxy groups -OCH3 is 1. The van der Waals surface area contributed by atoms with Gasteiger partial charge in [-0.2, -0.15) is 5.10 Å². The topological polar surface area (TPSA) is 64.4 Å². The van der Waals surface area contributed by atoms with Crippen LogP contribution in [0.2, 0.25) is 0 Å². The first-order valence-corrected chi connectivity index (χ1v) is 9.40. The number of ketones is 1. The third-order valence-electron chi connectivity index (χ3n) is 5.32. The Morgan fingerprint density at radius 1 is 1.26 bits per heavy atom. The smallest absolute Gasteiger partial charge is 0.244 e. The molecule has 1 aromatic heterocycles. The molecule has 1 aliphatic heterocycles. The van der Waals surface area contributed by atoms with E-state index in [9.17, 15) is 9.59 Å². The molecular formula is C21H27N3O3. The highest BCUT2D eigenvalue weighted by molar-refractivity contribution is 5.96. The zero-order valence-electron chi connectivity index (χ0n) is 16.5. The van der Waals surface area contributed by atoms with Gasteiger partial charge in [0.2, 0.25) is 5.91 Å². The molecule has 0 radical (unpaired) electrons. The summed E-state index contributed by atoms with van der Waals surface area (Å²) in [6.45, 7) is 6.08. The molecule has 1 fully saturated rings. The van der Waals surface area contributed by atoms with Crippen molar-refractivity contribution in [2.75, 3.05) is 13.7 Å². The Balaban J connectivity index is 1.84. The maximum atomic E-state index is 13.1. The van der Waals surface area contributed by atoms with Gasteiger partial charge in [0.25, 0.3) is 0 Å². The minimum Gasteiger partial charge on any atom is -0.497 e. The molecule has 0 spiro atoms. The van der Waals surface area contributed by atoms with E-state index < -0.39 is 0 Å². The summed E-state index contributed by atoms with van der Waals surface area (Å²) >= 11 is 0. The van der Waals surface area contributed by atoms with Crippen LogP contribution in [-0.4, -0.2) is 40.0 Å². The molecule has 1 atom stereocenters. The van der Waals surface area contributed by atoms with Crippen LogP contribution in [0.25, 0.3) is 0 Å². The van der Waals surface area contributed by atoms with E-state index in [4.69, 9.17) is 4.74 Å². The lowest BCUT2D eigenvalue weighted by Crippen LogP contribution is -2.40. The molecule has 1 aliphatic rings. The number of nitrogens with zero attached hydrogens (tertiary/aromatic N) is 3. The van der Waals surface area contributed by atoms with Crippen molar-refractivity contribution in [1.82, 2.24) is 14.7 Å². The molecule has 27 heavy (non-hydrogen) atoms. The van der Waals surface area contributed by atoms with Gasteiger partial charge in [-0.1, -0.05) is 12.1 Å². The van der Waals surface area contributed by atoms with Crippen LogP contribution in [0, 0.1) is 13.8 Å². The summed E-state index contributed by atoms with van der Waals surface area (Å²) in [6.07, 6.45) is 3.04. The van der Waals surface area contributed by atoms with Crippen LogP contribution in [0.15, 0.2) is 24.3 Å². The minimum atomic E-state index is -0.0177. The van der Waals surface area contributed by atoms with Crippen molar-refractivity contribution in [3.8, 4) is 5.75 Å². The molecule has 144 valence electrons. The number of likely N-dealkylation sites (tertiary alicyclic amines) is 1. The molecule has 1 saturated heterocycles. The third-order valence-corrected chi connectivity index (χ3v) is 5.32. The molecule has 1 amide bonds. The van der Waals surface area contributed by atoms with Crippen LogP contribution in [0.1, 0.15) is 59.5 Å². The normalized spacial score (nSPS) is 17.0. The van der Waals surface area contributed by atoms with Gasteiger partial charge < -0.3 is 9.64 Å². The van der Waals surface area contributed by atoms with E-state index in [0.717, 1.165) is 42.8 Å². The largest absolute Gasteiger partial charge is 0.497 e. The second kappa shape index (κ2) is 7.94. The van der Waals surface area contributed by atoms with E-state index in [0.29, 0.717) is 11.3 Å². The summed E-state index contributed by atoms with van der Waals surface area (Å²) in [5.41, 5.74) is 3.14. The first kappa shape index (κ1) is 19.1. The monoisotopic (exact) mass is 369 g/mol. The summed E-state index contributed by atoms with van der Waals surface area (Å²) in [5.74, 6) is 0.814. The van der Waals surface area contributed by atoms with E-state index in [1.54, 1.807) is 11.8 Å². The van der Waals surface area contributed by atoms with Crippen molar-refractivity contribution >= 4 is 11.7 Å². The summed E-state index contributed by atoms with van der Waals surface area (Å²) in [5, 5.41) is 4.42. The Labute approximate surface area is 160 Å². The average molecular weight is 369 g/mol. The van der Waals surface area contributed by atoms with Gasteiger partial charge in [0, 0.05) is 12.2 Å². The lowest BCUT2D eigenvalue weighted by atomic mass is 9.95. The van der Waals surface area contributed by atoms with Gasteiger partial charge in [-0.3, -0.25) is 14.3 Å². The molecule has 2 aromatic rings. The zero-order valence-corrected chi connectivity index (χ0v) is 16.5. The van der Waals surface area contributed by atoms with Crippen LogP contribution in [0.3, 0.4) is 0 Å². The van der Waals surface area contributed by atoms with Crippen molar-refractivity contribution < 1.29 is 14.3 Å². The summed E-state index contributed by atoms with van der Waals surface area (Å²) < 4.78 is 7.00. The maximum Gasteiger partial charge on any atom is 0.244 e. The van der Waals surface area contributed by atoms with Gasteiger partial charge in [0.15, 0.2) is 5.78 Å². The SMILES string of the molecule is COc1cccc([C@@H]2CCCCN2C(=O)Cn2nc(C)c(C(C)=O)c2C)c1. The second-order valence-electron chi connectivity index (χ2n) is 7.13. The van der Waals surface area contributed by atoms with Crippen LogP contribution in [0.5, 0.6) is 5.75 Å². The Kier molecular flexibility index (Phi) is 5.63. The summed E-state index contributed by atoms with van der Waals surface area (Å²) in [6, 6.07) is 7.98. The summed E-state index contributed by atoms with van der Waals surface area (Å²) in [7, 11) is 1.65. The molecule has 0 unspecified atom stereocenters. The van der Waals surface area contributed by atoms with E-state index in [-0.39, 0.29) is 24.3 Å². The number of carbonyl (C=O) groups excluding carboxylic acids is 2. The van der Waals surface area contributed by atoms with Crippen molar-refractivity contribution in [2.24, 2.45) is 0 Å². The highest BCUT2D eigenvalue weighted by Gasteiger charge is 2.29. The number of hydrogen-bond donors (Lipinski definition) is 0. The molecule has 6 heteroatoms. The number of aromatic nitrogens is 2. The van der Waals surface area contributed by atoms with Gasteiger partial charge in [0.05, 0.1) is 24.4 Å². The molecule has 0 saturated carbocycles. The fraction of sp³-hybridized carbons (Fsp3) is 0.476. The van der Waals surface area contributed by atoms with Crippen molar-refractivity contribution in [3.63, 3.8) is 0 Å². The molecular weight excluding hydrogens is 342 g/mol. The van der Waals surface area contributed by atoms with Gasteiger partial charge >= 0.3 is 0 Å². The number of aryl methyl sites for hydroxylation is 1. The number of Topliss-reactive ketones (excluding diaryl/α,β-unsaturated/α-hetero) is 1. The number of ether oxygens (including phenoxy) is 1. The molecule has 6 nitrogen and oxygen atoms in total. The minimum absolute atomic E-state index is 0.0177. The molecule has 2 heterocycles. The molecule has 0 N–H and O–H groups in total. The van der Waals surface area contributed by atoms with Gasteiger partial charge in [-0.25, -0.2) is 0 Å². The predicted octanol–water partition coefficient (Wildman–Crippen LogP) is 3.46. The number of amides is 1. The number of hydrogen-bond acceptors (Lipinski definition) is 4. The maximum absolute atomic E-state index is 13.1. The fourth-order valence-electron chi connectivity index (χ4n) is 4.00. The number of rotatable bonds is 5. The number of benzene rings is 1. The number of piperidine rings is 1. The zero-order chi connectivity index (χ0) is 19.6. The summed E-state index contributed by atoms with van der Waals surface area (Å²) in [4.78, 5) is 26.9. The molecule has 1 aromatic carbocycles. The second-order valence-corrected chi connectivity index (χ2v) is 7.13. The third kappa shape index (κ3) is 3.89. The lowest BCUT2D eigenvalue weighted by Gasteiger charge is -2.36. The standard InChI is InChI=1S/C21H27N3O3/c1-14-21(16(3)25)15(2)24(22-14)13-20(26)23-11-6-5-10-19(23)17-8-7-9-18(12-17)27-4/h7-9,12,19H,5-6,10-11,13H2,1-4H3/t19-/m0/s1. The molecule has 3 rings (SSSR count). The van der Waals surface area contributed by atoms with Crippen molar-refractivity contribution in [3.05, 3.63) is 46.8 Å². The molecule has 0 bridgehead atoms.